The molecule has 0 saturated heterocycles. The average molecular weight is 637 g/mol. The molecule has 0 unspecified atom stereocenters. The molecule has 2 aromatic carbocycles. The van der Waals surface area contributed by atoms with Crippen LogP contribution in [0.15, 0.2) is 71.8 Å². The number of unbranched alkanes of at least 4 members (excludes halogenated alkanes) is 15. The monoisotopic (exact) mass is 637 g/mol. The molecule has 0 amide bonds. The van der Waals surface area contributed by atoms with Gasteiger partial charge in [0.15, 0.2) is 0 Å². The maximum Gasteiger partial charge on any atom is 0.211 e. The summed E-state index contributed by atoms with van der Waals surface area (Å²) >= 11 is 0. The lowest BCUT2D eigenvalue weighted by molar-refractivity contribution is -0.345. The predicted molar refractivity (Wildman–Crippen MR) is 207 cm³/mol. The fraction of sp³-hybridized carbons (Fsp3) is 0.600. The van der Waals surface area contributed by atoms with Gasteiger partial charge in [0.25, 0.3) is 0 Å². The molecule has 0 spiro atoms. The van der Waals surface area contributed by atoms with Crippen molar-refractivity contribution >= 4 is 11.4 Å². The highest BCUT2D eigenvalue weighted by Gasteiger charge is 2.35. The van der Waals surface area contributed by atoms with Gasteiger partial charge in [-0.25, -0.2) is 4.70 Å². The first-order valence-corrected chi connectivity index (χ1v) is 19.9. The standard InChI is InChI=1S/C45H68N2/c1-5-9-12-14-16-17-18-19-20-21-23-26-30-39-31-27-28-32-42(39)45-43(33-24-11-7-3)41(8-4)44(47(45)46)40-36-34-38(35-37-40)29-25-22-15-13-10-6-2/h21,23,27-28,31-32,34-37H,5-20,22,24-26,29-30,33H2,1-4H3. The van der Waals surface area contributed by atoms with Gasteiger partial charge in [0, 0.05) is 22.3 Å². The molecule has 0 aliphatic carbocycles. The Balaban J connectivity index is 1.68. The molecule has 0 fully saturated rings. The largest absolute Gasteiger partial charge is 0.493 e. The molecule has 2 heteroatoms. The van der Waals surface area contributed by atoms with Crippen LogP contribution in [0.5, 0.6) is 0 Å². The van der Waals surface area contributed by atoms with Crippen molar-refractivity contribution in [3.05, 3.63) is 99.6 Å². The highest BCUT2D eigenvalue weighted by molar-refractivity contribution is 5.82. The van der Waals surface area contributed by atoms with Crippen molar-refractivity contribution in [2.24, 2.45) is 0 Å². The van der Waals surface area contributed by atoms with Crippen LogP contribution in [-0.2, 0) is 12.8 Å². The molecular formula is C45H68N2. The molecular weight excluding hydrogens is 569 g/mol. The molecule has 0 aromatic heterocycles. The van der Waals surface area contributed by atoms with Gasteiger partial charge in [-0.15, -0.1) is 0 Å². The van der Waals surface area contributed by atoms with E-state index < -0.39 is 0 Å². The minimum absolute atomic E-state index is 0.917. The van der Waals surface area contributed by atoms with E-state index in [2.05, 4.69) is 88.4 Å². The van der Waals surface area contributed by atoms with Crippen LogP contribution in [0.1, 0.15) is 185 Å². The first kappa shape index (κ1) is 38.7. The third-order valence-electron chi connectivity index (χ3n) is 10.0. The molecule has 3 rings (SSSR count). The fourth-order valence-corrected chi connectivity index (χ4v) is 7.21. The summed E-state index contributed by atoms with van der Waals surface area (Å²) in [4.78, 5) is 0. The van der Waals surface area contributed by atoms with Crippen LogP contribution in [0.25, 0.3) is 16.9 Å². The van der Waals surface area contributed by atoms with Crippen molar-refractivity contribution in [2.45, 2.75) is 175 Å². The Bertz CT molecular complexity index is 1260. The van der Waals surface area contributed by atoms with Crippen molar-refractivity contribution in [1.82, 2.24) is 0 Å². The Hall–Kier alpha value is -2.74. The van der Waals surface area contributed by atoms with E-state index in [0.29, 0.717) is 0 Å². The summed E-state index contributed by atoms with van der Waals surface area (Å²) in [6.07, 6.45) is 33.6. The van der Waals surface area contributed by atoms with E-state index in [1.165, 1.54) is 137 Å². The molecule has 0 N–H and O–H groups in total. The van der Waals surface area contributed by atoms with Gasteiger partial charge in [-0.05, 0) is 87.1 Å². The van der Waals surface area contributed by atoms with E-state index in [9.17, 15) is 5.53 Å². The first-order valence-electron chi connectivity index (χ1n) is 19.9. The van der Waals surface area contributed by atoms with Crippen molar-refractivity contribution in [1.29, 1.82) is 0 Å². The molecule has 1 heterocycles. The number of aryl methyl sites for hydroxylation is 2. The lowest BCUT2D eigenvalue weighted by Gasteiger charge is -2.13. The SMILES string of the molecule is CCCCCCCCCCC=CCCc1ccccc1C1=C(CCCCC)C(CC)=C(c2ccc(CCCCCCCC)cc2)[N+]1=[N-]. The van der Waals surface area contributed by atoms with E-state index in [1.54, 1.807) is 4.70 Å². The third kappa shape index (κ3) is 13.0. The first-order chi connectivity index (χ1) is 23.2. The second-order valence-corrected chi connectivity index (χ2v) is 13.9. The van der Waals surface area contributed by atoms with Crippen LogP contribution < -0.4 is 0 Å². The zero-order valence-corrected chi connectivity index (χ0v) is 30.9. The molecule has 0 saturated carbocycles. The molecule has 1 aliphatic heterocycles. The highest BCUT2D eigenvalue weighted by Crippen LogP contribution is 2.44. The molecule has 0 radical (unpaired) electrons. The summed E-state index contributed by atoms with van der Waals surface area (Å²) in [6.45, 7) is 9.09. The van der Waals surface area contributed by atoms with Crippen LogP contribution >= 0.6 is 0 Å². The second kappa shape index (κ2) is 23.6. The predicted octanol–water partition coefficient (Wildman–Crippen LogP) is 14.8. The minimum atomic E-state index is 0.917. The van der Waals surface area contributed by atoms with Crippen molar-refractivity contribution in [3.63, 3.8) is 0 Å². The summed E-state index contributed by atoms with van der Waals surface area (Å²) in [5, 5.41) is 0. The molecule has 47 heavy (non-hydrogen) atoms. The van der Waals surface area contributed by atoms with E-state index >= 15 is 0 Å². The number of hydrogen-bond acceptors (Lipinski definition) is 0. The Morgan fingerprint density at radius 3 is 1.72 bits per heavy atom. The summed E-state index contributed by atoms with van der Waals surface area (Å²) < 4.78 is 1.56. The fourth-order valence-electron chi connectivity index (χ4n) is 7.21. The van der Waals surface area contributed by atoms with Gasteiger partial charge in [-0.2, -0.15) is 0 Å². The quantitative estimate of drug-likeness (QED) is 0.0558. The van der Waals surface area contributed by atoms with E-state index in [0.717, 1.165) is 55.5 Å². The smallest absolute Gasteiger partial charge is 0.211 e. The van der Waals surface area contributed by atoms with Gasteiger partial charge in [-0.3, -0.25) is 0 Å². The zero-order valence-electron chi connectivity index (χ0n) is 30.9. The van der Waals surface area contributed by atoms with Gasteiger partial charge in [0.2, 0.25) is 11.4 Å². The average Bonchev–Trinajstić information content (AvgIpc) is 3.37. The van der Waals surface area contributed by atoms with Crippen LogP contribution in [0, 0.1) is 0 Å². The lowest BCUT2D eigenvalue weighted by Crippen LogP contribution is -2.05. The molecule has 0 atom stereocenters. The Morgan fingerprint density at radius 2 is 1.06 bits per heavy atom. The molecule has 2 nitrogen and oxygen atoms in total. The lowest BCUT2D eigenvalue weighted by atomic mass is 9.91. The molecule has 258 valence electrons. The summed E-state index contributed by atoms with van der Waals surface area (Å²) in [5.41, 5.74) is 21.7. The normalized spacial score (nSPS) is 13.6. The summed E-state index contributed by atoms with van der Waals surface area (Å²) in [6, 6.07) is 17.9. The van der Waals surface area contributed by atoms with Crippen molar-refractivity contribution < 1.29 is 4.70 Å². The van der Waals surface area contributed by atoms with Crippen LogP contribution in [0.4, 0.5) is 0 Å². The number of hydrogen-bond donors (Lipinski definition) is 0. The van der Waals surface area contributed by atoms with E-state index in [1.807, 2.05) is 0 Å². The number of rotatable bonds is 26. The number of benzene rings is 2. The van der Waals surface area contributed by atoms with Gasteiger partial charge in [0.05, 0.1) is 0 Å². The van der Waals surface area contributed by atoms with Crippen LogP contribution in [0.2, 0.25) is 0 Å². The maximum atomic E-state index is 12.0. The van der Waals surface area contributed by atoms with Gasteiger partial charge < -0.3 is 5.53 Å². The van der Waals surface area contributed by atoms with Gasteiger partial charge in [0.1, 0.15) is 0 Å². The molecule has 0 bridgehead atoms. The Labute approximate surface area is 290 Å². The van der Waals surface area contributed by atoms with Crippen molar-refractivity contribution in [2.75, 3.05) is 0 Å². The summed E-state index contributed by atoms with van der Waals surface area (Å²) in [7, 11) is 0. The third-order valence-corrected chi connectivity index (χ3v) is 10.0. The zero-order chi connectivity index (χ0) is 33.5. The highest BCUT2D eigenvalue weighted by atomic mass is 15.2. The van der Waals surface area contributed by atoms with Crippen LogP contribution in [-0.4, -0.2) is 4.70 Å². The second-order valence-electron chi connectivity index (χ2n) is 13.9. The van der Waals surface area contributed by atoms with E-state index in [-0.39, 0.29) is 0 Å². The van der Waals surface area contributed by atoms with Gasteiger partial charge in [-0.1, -0.05) is 160 Å². The number of nitrogens with zero attached hydrogens (tertiary/aromatic N) is 2. The maximum absolute atomic E-state index is 12.0. The van der Waals surface area contributed by atoms with Gasteiger partial charge >= 0.3 is 0 Å². The Kier molecular flexibility index (Phi) is 19.4. The van der Waals surface area contributed by atoms with Crippen LogP contribution in [0.3, 0.4) is 0 Å². The van der Waals surface area contributed by atoms with Crippen molar-refractivity contribution in [3.8, 4) is 0 Å². The summed E-state index contributed by atoms with van der Waals surface area (Å²) in [5.74, 6) is 0. The Morgan fingerprint density at radius 1 is 0.511 bits per heavy atom. The number of allylic oxidation sites excluding steroid dienone is 4. The minimum Gasteiger partial charge on any atom is -0.493 e. The van der Waals surface area contributed by atoms with E-state index in [4.69, 9.17) is 0 Å². The molecule has 1 aliphatic rings. The topological polar surface area (TPSA) is 25.3 Å². The molecule has 2 aromatic rings.